The molecule has 1 aromatic carbocycles. The Balaban J connectivity index is 0.000000292. The Morgan fingerprint density at radius 2 is 2.09 bits per heavy atom. The van der Waals surface area contributed by atoms with E-state index in [2.05, 4.69) is 18.0 Å². The summed E-state index contributed by atoms with van der Waals surface area (Å²) in [7, 11) is 0. The number of nitrogens with two attached hydrogens (primary N) is 1. The molecule has 0 atom stereocenters. The maximum absolute atomic E-state index is 12.1. The molecule has 0 saturated heterocycles. The van der Waals surface area contributed by atoms with Crippen LogP contribution >= 0.6 is 23.8 Å². The summed E-state index contributed by atoms with van der Waals surface area (Å²) < 4.78 is 12.1. The van der Waals surface area contributed by atoms with E-state index >= 15 is 0 Å². The van der Waals surface area contributed by atoms with Crippen molar-refractivity contribution in [3.05, 3.63) is 35.1 Å². The lowest BCUT2D eigenvalue weighted by atomic mass is 10.4. The summed E-state index contributed by atoms with van der Waals surface area (Å²) in [6.45, 7) is 0. The van der Waals surface area contributed by atoms with Crippen molar-refractivity contribution in [2.75, 3.05) is 0 Å². The van der Waals surface area contributed by atoms with Crippen LogP contribution in [0.1, 0.15) is 0 Å². The van der Waals surface area contributed by atoms with Gasteiger partial charge in [0, 0.05) is 5.02 Å². The van der Waals surface area contributed by atoms with Crippen LogP contribution in [0.15, 0.2) is 24.3 Å². The lowest BCUT2D eigenvalue weighted by Gasteiger charge is -1.85. The van der Waals surface area contributed by atoms with Gasteiger partial charge in [0.15, 0.2) is 0 Å². The Kier molecular flexibility index (Phi) is 5.70. The van der Waals surface area contributed by atoms with E-state index in [0.717, 1.165) is 5.49 Å². The van der Waals surface area contributed by atoms with E-state index in [4.69, 9.17) is 11.6 Å². The lowest BCUT2D eigenvalue weighted by Crippen LogP contribution is -1.79. The highest BCUT2D eigenvalue weighted by atomic mass is 35.5. The average molecular weight is 192 g/mol. The van der Waals surface area contributed by atoms with Crippen LogP contribution in [0.4, 0.5) is 4.39 Å². The molecule has 0 fully saturated rings. The molecule has 0 amide bonds. The van der Waals surface area contributed by atoms with Gasteiger partial charge in [0.1, 0.15) is 5.82 Å². The number of hydrogen-bond donors (Lipinski definition) is 1. The molecule has 1 aromatic rings. The second-order valence-electron chi connectivity index (χ2n) is 1.58. The first-order valence-electron chi connectivity index (χ1n) is 2.77. The minimum atomic E-state index is -0.294. The zero-order valence-electron chi connectivity index (χ0n) is 5.63. The Labute approximate surface area is 75.0 Å². The van der Waals surface area contributed by atoms with Gasteiger partial charge in [-0.3, -0.25) is 0 Å². The number of hydrogen-bond acceptors (Lipinski definition) is 1. The molecule has 11 heavy (non-hydrogen) atoms. The summed E-state index contributed by atoms with van der Waals surface area (Å²) in [5.41, 5.74) is 5.62. The minimum Gasteiger partial charge on any atom is -0.396 e. The summed E-state index contributed by atoms with van der Waals surface area (Å²) >= 11 is 9.45. The van der Waals surface area contributed by atoms with Crippen LogP contribution in [0.25, 0.3) is 0 Å². The summed E-state index contributed by atoms with van der Waals surface area (Å²) in [5.74, 6) is -0.294. The molecule has 0 bridgehead atoms. The number of benzene rings is 1. The molecule has 0 heterocycles. The molecule has 0 aliphatic carbocycles. The van der Waals surface area contributed by atoms with E-state index in [1.165, 1.54) is 12.1 Å². The largest absolute Gasteiger partial charge is 0.396 e. The maximum Gasteiger partial charge on any atom is 0.124 e. The first kappa shape index (κ1) is 10.3. The van der Waals surface area contributed by atoms with E-state index in [9.17, 15) is 4.39 Å². The Bertz CT molecular complexity index is 212. The van der Waals surface area contributed by atoms with Gasteiger partial charge in [0.05, 0.1) is 5.49 Å². The van der Waals surface area contributed by atoms with Crippen molar-refractivity contribution in [3.63, 3.8) is 0 Å². The standard InChI is InChI=1S/C6H4ClF.CH3NS/c7-5-2-1-3-6(8)4-5;2-1-3/h1-4H;1H,(H2,2,3). The molecule has 0 saturated carbocycles. The van der Waals surface area contributed by atoms with Crippen LogP contribution in [0, 0.1) is 5.82 Å². The van der Waals surface area contributed by atoms with Crippen LogP contribution in [-0.2, 0) is 0 Å². The summed E-state index contributed by atoms with van der Waals surface area (Å²) in [6, 6.07) is 5.82. The normalized spacial score (nSPS) is 7.82. The first-order valence-corrected chi connectivity index (χ1v) is 3.62. The highest BCUT2D eigenvalue weighted by Gasteiger charge is 1.86. The van der Waals surface area contributed by atoms with Crippen LogP contribution in [0.5, 0.6) is 0 Å². The topological polar surface area (TPSA) is 26.0 Å². The zero-order chi connectivity index (χ0) is 8.69. The van der Waals surface area contributed by atoms with E-state index < -0.39 is 0 Å². The SMILES string of the molecule is Fc1cccc(Cl)c1.NC=S. The van der Waals surface area contributed by atoms with Crippen molar-refractivity contribution in [3.8, 4) is 0 Å². The molecule has 4 heteroatoms. The lowest BCUT2D eigenvalue weighted by molar-refractivity contribution is 0.628. The van der Waals surface area contributed by atoms with Crippen LogP contribution < -0.4 is 5.73 Å². The van der Waals surface area contributed by atoms with Crippen molar-refractivity contribution < 1.29 is 4.39 Å². The molecule has 0 unspecified atom stereocenters. The summed E-state index contributed by atoms with van der Waals surface area (Å²) in [4.78, 5) is 0. The molecule has 0 aliphatic heterocycles. The fourth-order valence-corrected chi connectivity index (χ4v) is 0.637. The van der Waals surface area contributed by atoms with Crippen molar-refractivity contribution >= 4 is 29.3 Å². The van der Waals surface area contributed by atoms with Gasteiger partial charge >= 0.3 is 0 Å². The number of thiocarbonyl (C=S) groups is 1. The fraction of sp³-hybridized carbons (Fsp3) is 0. The smallest absolute Gasteiger partial charge is 0.124 e. The van der Waals surface area contributed by atoms with Gasteiger partial charge in [-0.25, -0.2) is 4.39 Å². The van der Waals surface area contributed by atoms with E-state index in [1.54, 1.807) is 12.1 Å². The third-order valence-electron chi connectivity index (χ3n) is 0.787. The molecule has 0 aromatic heterocycles. The van der Waals surface area contributed by atoms with Crippen molar-refractivity contribution in [2.45, 2.75) is 0 Å². The predicted molar refractivity (Wildman–Crippen MR) is 49.3 cm³/mol. The molecule has 0 radical (unpaired) electrons. The number of rotatable bonds is 0. The number of halogens is 2. The first-order chi connectivity index (χ1) is 5.20. The van der Waals surface area contributed by atoms with Gasteiger partial charge in [-0.15, -0.1) is 0 Å². The monoisotopic (exact) mass is 191 g/mol. The second-order valence-corrected chi connectivity index (χ2v) is 2.28. The van der Waals surface area contributed by atoms with Crippen molar-refractivity contribution in [2.24, 2.45) is 5.73 Å². The Morgan fingerprint density at radius 1 is 1.55 bits per heavy atom. The highest BCUT2D eigenvalue weighted by Crippen LogP contribution is 2.07. The molecule has 1 nitrogen and oxygen atoms in total. The predicted octanol–water partition coefficient (Wildman–Crippen LogP) is 2.38. The highest BCUT2D eigenvalue weighted by molar-refractivity contribution is 7.78. The fourth-order valence-electron chi connectivity index (χ4n) is 0.460. The molecule has 0 aliphatic rings. The molecular formula is C7H7ClFNS. The van der Waals surface area contributed by atoms with Gasteiger partial charge in [0.2, 0.25) is 0 Å². The molecular weight excluding hydrogens is 185 g/mol. The van der Waals surface area contributed by atoms with Crippen LogP contribution in [0.3, 0.4) is 0 Å². The Hall–Kier alpha value is -0.670. The zero-order valence-corrected chi connectivity index (χ0v) is 7.20. The molecule has 1 rings (SSSR count). The summed E-state index contributed by atoms with van der Waals surface area (Å²) in [6.07, 6.45) is 0. The van der Waals surface area contributed by atoms with Crippen LogP contribution in [0.2, 0.25) is 5.02 Å². The van der Waals surface area contributed by atoms with E-state index in [1.807, 2.05) is 0 Å². The van der Waals surface area contributed by atoms with Gasteiger partial charge in [0.25, 0.3) is 0 Å². The van der Waals surface area contributed by atoms with E-state index in [0.29, 0.717) is 5.02 Å². The second kappa shape index (κ2) is 6.07. The van der Waals surface area contributed by atoms with E-state index in [-0.39, 0.29) is 5.82 Å². The quantitative estimate of drug-likeness (QED) is 0.638. The van der Waals surface area contributed by atoms with Gasteiger partial charge in [-0.2, -0.15) is 0 Å². The molecule has 2 N–H and O–H groups in total. The van der Waals surface area contributed by atoms with Crippen molar-refractivity contribution in [1.82, 2.24) is 0 Å². The molecule has 0 spiro atoms. The van der Waals surface area contributed by atoms with Gasteiger partial charge < -0.3 is 5.73 Å². The average Bonchev–Trinajstić information content (AvgIpc) is 1.88. The third kappa shape index (κ3) is 5.76. The minimum absolute atomic E-state index is 0.294. The third-order valence-corrected chi connectivity index (χ3v) is 1.02. The summed E-state index contributed by atoms with van der Waals surface area (Å²) in [5, 5.41) is 0.435. The van der Waals surface area contributed by atoms with Gasteiger partial charge in [-0.05, 0) is 18.2 Å². The maximum atomic E-state index is 12.1. The van der Waals surface area contributed by atoms with Crippen LogP contribution in [-0.4, -0.2) is 5.49 Å². The Morgan fingerprint density at radius 3 is 2.36 bits per heavy atom. The van der Waals surface area contributed by atoms with Gasteiger partial charge in [-0.1, -0.05) is 29.9 Å². The molecule has 60 valence electrons. The van der Waals surface area contributed by atoms with Crippen molar-refractivity contribution in [1.29, 1.82) is 0 Å².